The molecule has 43 heavy (non-hydrogen) atoms. The number of fused-ring (bicyclic) bond motifs is 1. The van der Waals surface area contributed by atoms with Crippen LogP contribution in [0.3, 0.4) is 0 Å². The average Bonchev–Trinajstić information content (AvgIpc) is 3.42. The normalized spacial score (nSPS) is 13.9. The summed E-state index contributed by atoms with van der Waals surface area (Å²) in [7, 11) is -0.844. The molecule has 11 nitrogen and oxygen atoms in total. The number of ether oxygens (including phenoxy) is 3. The molecule has 0 aliphatic rings. The molecule has 2 N–H and O–H groups in total. The van der Waals surface area contributed by atoms with E-state index in [2.05, 4.69) is 27.2 Å². The molecule has 2 heterocycles. The monoisotopic (exact) mass is 627 g/mol. The second-order valence-corrected chi connectivity index (χ2v) is 13.1. The third kappa shape index (κ3) is 15.8. The Kier molecular flexibility index (Phi) is 20.7. The van der Waals surface area contributed by atoms with E-state index >= 15 is 0 Å². The molecule has 2 aromatic heterocycles. The van der Waals surface area contributed by atoms with Crippen molar-refractivity contribution >= 4 is 24.6 Å². The van der Waals surface area contributed by atoms with E-state index in [1.807, 2.05) is 0 Å². The van der Waals surface area contributed by atoms with Crippen LogP contribution in [0.4, 0.5) is 5.82 Å². The fourth-order valence-electron chi connectivity index (χ4n) is 5.06. The van der Waals surface area contributed by atoms with Crippen molar-refractivity contribution in [3.63, 3.8) is 0 Å². The number of aromatic nitrogens is 4. The number of nitrogens with zero attached hydrogens (tertiary/aromatic N) is 4. The molecule has 0 radical (unpaired) electrons. The highest BCUT2D eigenvalue weighted by molar-refractivity contribution is 7.53. The SMILES string of the molecule is CCCCCCCCCCCCCCCCCCOCCOP(=O)(O)[C@H](COC)OCCn1cnc2c(NC)ncnc21. The molecule has 2 atom stereocenters. The molecule has 0 aliphatic heterocycles. The number of hydrogen-bond acceptors (Lipinski definition) is 9. The van der Waals surface area contributed by atoms with Gasteiger partial charge in [0.2, 0.25) is 0 Å². The van der Waals surface area contributed by atoms with Crippen molar-refractivity contribution in [1.29, 1.82) is 0 Å². The van der Waals surface area contributed by atoms with Gasteiger partial charge in [0, 0.05) is 27.3 Å². The Morgan fingerprint density at radius 1 is 0.837 bits per heavy atom. The van der Waals surface area contributed by atoms with Crippen molar-refractivity contribution in [1.82, 2.24) is 19.5 Å². The molecule has 0 bridgehead atoms. The first-order valence-corrected chi connectivity index (χ1v) is 18.2. The molecule has 0 amide bonds. The van der Waals surface area contributed by atoms with E-state index in [4.69, 9.17) is 18.7 Å². The van der Waals surface area contributed by atoms with E-state index in [0.29, 0.717) is 30.1 Å². The van der Waals surface area contributed by atoms with Gasteiger partial charge in [0.05, 0.1) is 32.8 Å². The minimum Gasteiger partial charge on any atom is -0.381 e. The van der Waals surface area contributed by atoms with Crippen molar-refractivity contribution in [2.24, 2.45) is 0 Å². The fourth-order valence-corrected chi connectivity index (χ4v) is 6.19. The number of nitrogens with one attached hydrogen (secondary N) is 1. The lowest BCUT2D eigenvalue weighted by Crippen LogP contribution is -2.23. The Bertz CT molecular complexity index is 1010. The second-order valence-electron chi connectivity index (χ2n) is 11.2. The van der Waals surface area contributed by atoms with Crippen LogP contribution in [-0.2, 0) is 29.8 Å². The van der Waals surface area contributed by atoms with Crippen molar-refractivity contribution in [3.05, 3.63) is 12.7 Å². The highest BCUT2D eigenvalue weighted by atomic mass is 31.2. The van der Waals surface area contributed by atoms with Gasteiger partial charge in [0.25, 0.3) is 0 Å². The standard InChI is InChI=1S/C31H58N5O6P/c1-4-5-6-7-8-9-10-11-12-13-14-15-16-17-18-19-21-40-23-24-42-43(37,38)28(25-39-3)41-22-20-36-27-35-29-30(32-2)33-26-34-31(29)36/h26-28H,4-25H2,1-3H3,(H,37,38)(H,32,33,34)/t28-/m1/s1. The summed E-state index contributed by atoms with van der Waals surface area (Å²) in [6.07, 6.45) is 24.4. The zero-order chi connectivity index (χ0) is 31.0. The minimum atomic E-state index is -4.07. The van der Waals surface area contributed by atoms with Gasteiger partial charge in [-0.3, -0.25) is 4.57 Å². The predicted molar refractivity (Wildman–Crippen MR) is 173 cm³/mol. The number of unbranched alkanes of at least 4 members (excludes halogenated alkanes) is 15. The molecule has 12 heteroatoms. The van der Waals surface area contributed by atoms with Gasteiger partial charge in [-0.05, 0) is 6.42 Å². The zero-order valence-electron chi connectivity index (χ0n) is 27.0. The molecular formula is C31H58N5O6P. The number of anilines is 1. The Labute approximate surface area is 259 Å². The summed E-state index contributed by atoms with van der Waals surface area (Å²) < 4.78 is 36.3. The number of imidazole rings is 1. The van der Waals surface area contributed by atoms with Gasteiger partial charge in [-0.25, -0.2) is 15.0 Å². The summed E-state index contributed by atoms with van der Waals surface area (Å²) in [6.45, 7) is 3.67. The third-order valence-electron chi connectivity index (χ3n) is 7.60. The number of rotatable bonds is 29. The van der Waals surface area contributed by atoms with Gasteiger partial charge >= 0.3 is 7.60 Å². The number of methoxy groups -OCH3 is 1. The van der Waals surface area contributed by atoms with E-state index < -0.39 is 13.4 Å². The second kappa shape index (κ2) is 23.7. The van der Waals surface area contributed by atoms with Crippen LogP contribution in [0.5, 0.6) is 0 Å². The van der Waals surface area contributed by atoms with Crippen LogP contribution in [0.1, 0.15) is 110 Å². The quantitative estimate of drug-likeness (QED) is 0.0698. The smallest absolute Gasteiger partial charge is 0.359 e. The van der Waals surface area contributed by atoms with Crippen molar-refractivity contribution < 1.29 is 28.2 Å². The lowest BCUT2D eigenvalue weighted by atomic mass is 10.0. The number of hydrogen-bond donors (Lipinski definition) is 2. The van der Waals surface area contributed by atoms with Gasteiger partial charge in [0.15, 0.2) is 17.3 Å². The van der Waals surface area contributed by atoms with E-state index in [9.17, 15) is 9.46 Å². The van der Waals surface area contributed by atoms with E-state index in [1.54, 1.807) is 17.9 Å². The predicted octanol–water partition coefficient (Wildman–Crippen LogP) is 7.34. The molecule has 0 aromatic carbocycles. The van der Waals surface area contributed by atoms with E-state index in [-0.39, 0.29) is 26.4 Å². The Morgan fingerprint density at radius 3 is 2.02 bits per heavy atom. The first-order valence-electron chi connectivity index (χ1n) is 16.5. The maximum absolute atomic E-state index is 12.8. The summed E-state index contributed by atoms with van der Waals surface area (Å²) in [5, 5.41) is 2.98. The van der Waals surface area contributed by atoms with Crippen LogP contribution in [0.15, 0.2) is 12.7 Å². The summed E-state index contributed by atoms with van der Waals surface area (Å²) in [6, 6.07) is 0. The van der Waals surface area contributed by atoms with Crippen LogP contribution >= 0.6 is 7.60 Å². The first-order chi connectivity index (χ1) is 21.0. The van der Waals surface area contributed by atoms with Gasteiger partial charge in [0.1, 0.15) is 11.8 Å². The Morgan fingerprint density at radius 2 is 1.44 bits per heavy atom. The lowest BCUT2D eigenvalue weighted by Gasteiger charge is -2.22. The lowest BCUT2D eigenvalue weighted by molar-refractivity contribution is 0.0175. The molecule has 1 unspecified atom stereocenters. The van der Waals surface area contributed by atoms with Gasteiger partial charge < -0.3 is 33.5 Å². The van der Waals surface area contributed by atoms with Gasteiger partial charge in [-0.15, -0.1) is 0 Å². The Balaban J connectivity index is 1.46. The third-order valence-corrected chi connectivity index (χ3v) is 9.18. The van der Waals surface area contributed by atoms with Crippen molar-refractivity contribution in [2.75, 3.05) is 52.5 Å². The molecule has 0 saturated carbocycles. The molecule has 0 aliphatic carbocycles. The van der Waals surface area contributed by atoms with Crippen molar-refractivity contribution in [2.45, 2.75) is 122 Å². The molecule has 0 fully saturated rings. The Hall–Kier alpha value is -1.62. The maximum atomic E-state index is 12.8. The summed E-state index contributed by atoms with van der Waals surface area (Å²) in [4.78, 5) is 23.2. The summed E-state index contributed by atoms with van der Waals surface area (Å²) in [5.74, 6) is -0.470. The topological polar surface area (TPSA) is 130 Å². The average molecular weight is 628 g/mol. The minimum absolute atomic E-state index is 0.0199. The van der Waals surface area contributed by atoms with E-state index in [1.165, 1.54) is 103 Å². The van der Waals surface area contributed by atoms with E-state index in [0.717, 1.165) is 12.8 Å². The highest BCUT2D eigenvalue weighted by Crippen LogP contribution is 2.48. The van der Waals surface area contributed by atoms with Crippen LogP contribution in [-0.4, -0.2) is 77.4 Å². The zero-order valence-corrected chi connectivity index (χ0v) is 27.9. The molecule has 2 aromatic rings. The molecular weight excluding hydrogens is 569 g/mol. The molecule has 0 saturated heterocycles. The molecule has 2 rings (SSSR count). The molecule has 248 valence electrons. The largest absolute Gasteiger partial charge is 0.381 e. The van der Waals surface area contributed by atoms with Gasteiger partial charge in [-0.2, -0.15) is 0 Å². The van der Waals surface area contributed by atoms with Gasteiger partial charge in [-0.1, -0.05) is 103 Å². The highest BCUT2D eigenvalue weighted by Gasteiger charge is 2.33. The van der Waals surface area contributed by atoms with Crippen LogP contribution < -0.4 is 5.32 Å². The van der Waals surface area contributed by atoms with Crippen LogP contribution in [0.25, 0.3) is 11.2 Å². The van der Waals surface area contributed by atoms with Crippen LogP contribution in [0, 0.1) is 0 Å². The van der Waals surface area contributed by atoms with Crippen molar-refractivity contribution in [3.8, 4) is 0 Å². The first kappa shape index (κ1) is 37.6. The summed E-state index contributed by atoms with van der Waals surface area (Å²) >= 11 is 0. The van der Waals surface area contributed by atoms with Crippen LogP contribution in [0.2, 0.25) is 0 Å². The molecule has 0 spiro atoms. The summed E-state index contributed by atoms with van der Waals surface area (Å²) in [5.41, 5.74) is 1.30. The maximum Gasteiger partial charge on any atom is 0.359 e. The fraction of sp³-hybridized carbons (Fsp3) is 0.839.